The van der Waals surface area contributed by atoms with Crippen molar-refractivity contribution in [1.82, 2.24) is 9.80 Å². The van der Waals surface area contributed by atoms with Crippen LogP contribution in [0.5, 0.6) is 0 Å². The summed E-state index contributed by atoms with van der Waals surface area (Å²) in [5.74, 6) is 0.0678. The van der Waals surface area contributed by atoms with Crippen molar-refractivity contribution in [1.29, 1.82) is 0 Å². The largest absolute Gasteiger partial charge is 0.441 e. The highest BCUT2D eigenvalue weighted by Crippen LogP contribution is 2.34. The lowest BCUT2D eigenvalue weighted by molar-refractivity contribution is -0.00250. The number of amides is 1. The van der Waals surface area contributed by atoms with Gasteiger partial charge in [0, 0.05) is 39.1 Å². The first-order chi connectivity index (χ1) is 16.0. The van der Waals surface area contributed by atoms with Gasteiger partial charge in [-0.2, -0.15) is 0 Å². The third-order valence-corrected chi connectivity index (χ3v) is 6.91. The fourth-order valence-electron chi connectivity index (χ4n) is 4.54. The summed E-state index contributed by atoms with van der Waals surface area (Å²) in [7, 11) is 0. The van der Waals surface area contributed by atoms with E-state index in [1.54, 1.807) is 40.9 Å². The number of halogens is 2. The molecule has 8 heteroatoms. The SMILES string of the molecule is CSCN1CC2(CCN(CCCOC(c3ccc(F)cc3)c3ccc(F)cc3)CC2)OC1=O. The van der Waals surface area contributed by atoms with Crippen LogP contribution in [0.15, 0.2) is 48.5 Å². The molecule has 2 aromatic carbocycles. The first kappa shape index (κ1) is 24.0. The Balaban J connectivity index is 1.27. The average Bonchev–Trinajstić information content (AvgIpc) is 3.11. The molecule has 2 aromatic rings. The first-order valence-corrected chi connectivity index (χ1v) is 12.7. The van der Waals surface area contributed by atoms with E-state index in [2.05, 4.69) is 4.90 Å². The summed E-state index contributed by atoms with van der Waals surface area (Å²) in [5.41, 5.74) is 1.33. The predicted molar refractivity (Wildman–Crippen MR) is 125 cm³/mol. The Bertz CT molecular complexity index is 873. The van der Waals surface area contributed by atoms with Gasteiger partial charge in [0.2, 0.25) is 0 Å². The molecule has 1 spiro atoms. The highest BCUT2D eigenvalue weighted by Gasteiger charge is 2.46. The van der Waals surface area contributed by atoms with Gasteiger partial charge in [0.05, 0.1) is 12.4 Å². The minimum Gasteiger partial charge on any atom is -0.441 e. The number of ether oxygens (including phenoxy) is 2. The van der Waals surface area contributed by atoms with E-state index < -0.39 is 0 Å². The van der Waals surface area contributed by atoms with Crippen LogP contribution in [0.4, 0.5) is 13.6 Å². The molecule has 1 amide bonds. The van der Waals surface area contributed by atoms with Crippen LogP contribution in [0.25, 0.3) is 0 Å². The Labute approximate surface area is 198 Å². The summed E-state index contributed by atoms with van der Waals surface area (Å²) >= 11 is 1.63. The Morgan fingerprint density at radius 1 is 1.03 bits per heavy atom. The van der Waals surface area contributed by atoms with Crippen molar-refractivity contribution in [2.75, 3.05) is 44.9 Å². The van der Waals surface area contributed by atoms with Crippen molar-refractivity contribution in [3.8, 4) is 0 Å². The molecule has 0 bridgehead atoms. The van der Waals surface area contributed by atoms with Gasteiger partial charge in [-0.25, -0.2) is 13.6 Å². The second-order valence-electron chi connectivity index (χ2n) is 8.72. The van der Waals surface area contributed by atoms with Crippen molar-refractivity contribution >= 4 is 17.9 Å². The molecule has 5 nitrogen and oxygen atoms in total. The molecule has 2 saturated heterocycles. The van der Waals surface area contributed by atoms with Crippen LogP contribution in [0.2, 0.25) is 0 Å². The molecule has 2 heterocycles. The van der Waals surface area contributed by atoms with Gasteiger partial charge >= 0.3 is 6.09 Å². The van der Waals surface area contributed by atoms with Crippen molar-refractivity contribution in [2.45, 2.75) is 31.0 Å². The van der Waals surface area contributed by atoms with Gasteiger partial charge in [0.1, 0.15) is 23.3 Å². The second-order valence-corrected chi connectivity index (χ2v) is 9.55. The van der Waals surface area contributed by atoms with E-state index in [0.29, 0.717) is 19.0 Å². The number of rotatable bonds is 9. The number of nitrogens with zero attached hydrogens (tertiary/aromatic N) is 2. The van der Waals surface area contributed by atoms with Crippen molar-refractivity contribution in [3.05, 3.63) is 71.3 Å². The number of likely N-dealkylation sites (tertiary alicyclic amines) is 1. The van der Waals surface area contributed by atoms with Gasteiger partial charge in [0.15, 0.2) is 0 Å². The van der Waals surface area contributed by atoms with E-state index in [9.17, 15) is 13.6 Å². The Morgan fingerprint density at radius 2 is 1.61 bits per heavy atom. The second kappa shape index (κ2) is 10.8. The molecule has 2 aliphatic heterocycles. The molecular formula is C25H30F2N2O3S. The predicted octanol–water partition coefficient (Wildman–Crippen LogP) is 5.07. The molecule has 0 radical (unpaired) electrons. The van der Waals surface area contributed by atoms with Gasteiger partial charge in [-0.05, 0) is 48.1 Å². The quantitative estimate of drug-likeness (QED) is 0.473. The number of carbonyl (C=O) groups is 1. The number of carbonyl (C=O) groups excluding carboxylic acids is 1. The topological polar surface area (TPSA) is 42.0 Å². The van der Waals surface area contributed by atoms with Crippen molar-refractivity contribution < 1.29 is 23.0 Å². The van der Waals surface area contributed by atoms with Crippen LogP contribution >= 0.6 is 11.8 Å². The number of hydrogen-bond donors (Lipinski definition) is 0. The molecule has 0 aromatic heterocycles. The monoisotopic (exact) mass is 476 g/mol. The summed E-state index contributed by atoms with van der Waals surface area (Å²) in [6, 6.07) is 12.5. The maximum absolute atomic E-state index is 13.4. The number of hydrogen-bond acceptors (Lipinski definition) is 5. The van der Waals surface area contributed by atoms with Crippen LogP contribution in [0.3, 0.4) is 0 Å². The van der Waals surface area contributed by atoms with E-state index in [1.807, 2.05) is 6.26 Å². The Morgan fingerprint density at radius 3 is 2.15 bits per heavy atom. The molecule has 4 rings (SSSR count). The molecule has 0 aliphatic carbocycles. The van der Waals surface area contributed by atoms with Gasteiger partial charge in [-0.15, -0.1) is 11.8 Å². The van der Waals surface area contributed by atoms with Crippen LogP contribution < -0.4 is 0 Å². The minimum atomic E-state index is -0.379. The standard InChI is InChI=1S/C25H30F2N2O3S/c1-33-18-29-17-25(32-24(29)30)11-14-28(15-12-25)13-2-16-31-23(19-3-7-21(26)8-4-19)20-5-9-22(27)10-6-20/h3-10,23H,2,11-18H2,1H3. The normalized spacial score (nSPS) is 18.3. The maximum atomic E-state index is 13.4. The van der Waals surface area contributed by atoms with Crippen molar-refractivity contribution in [3.63, 3.8) is 0 Å². The third-order valence-electron chi connectivity index (χ3n) is 6.34. The zero-order valence-electron chi connectivity index (χ0n) is 18.8. The molecule has 0 atom stereocenters. The van der Waals surface area contributed by atoms with Crippen LogP contribution in [-0.2, 0) is 9.47 Å². The fraction of sp³-hybridized carbons (Fsp3) is 0.480. The van der Waals surface area contributed by atoms with Gasteiger partial charge in [0.25, 0.3) is 0 Å². The highest BCUT2D eigenvalue weighted by molar-refractivity contribution is 7.98. The zero-order valence-corrected chi connectivity index (χ0v) is 19.7. The van der Waals surface area contributed by atoms with Gasteiger partial charge in [-0.1, -0.05) is 24.3 Å². The highest BCUT2D eigenvalue weighted by atomic mass is 32.2. The lowest BCUT2D eigenvalue weighted by Gasteiger charge is -2.37. The zero-order chi connectivity index (χ0) is 23.3. The molecule has 0 saturated carbocycles. The van der Waals surface area contributed by atoms with Gasteiger partial charge in [-0.3, -0.25) is 4.90 Å². The summed E-state index contributed by atoms with van der Waals surface area (Å²) in [6.07, 6.45) is 3.94. The van der Waals surface area contributed by atoms with Gasteiger partial charge < -0.3 is 14.4 Å². The van der Waals surface area contributed by atoms with Crippen LogP contribution in [0.1, 0.15) is 36.5 Å². The molecule has 0 unspecified atom stereocenters. The maximum Gasteiger partial charge on any atom is 0.411 e. The minimum absolute atomic E-state index is 0.196. The first-order valence-electron chi connectivity index (χ1n) is 11.3. The van der Waals surface area contributed by atoms with Crippen LogP contribution in [-0.4, -0.2) is 66.4 Å². The van der Waals surface area contributed by atoms with E-state index in [-0.39, 0.29) is 29.4 Å². The van der Waals surface area contributed by atoms with Crippen molar-refractivity contribution in [2.24, 2.45) is 0 Å². The molecule has 0 N–H and O–H groups in total. The average molecular weight is 477 g/mol. The molecule has 2 aliphatic rings. The third kappa shape index (κ3) is 6.05. The number of piperidine rings is 1. The van der Waals surface area contributed by atoms with Crippen LogP contribution in [0, 0.1) is 11.6 Å². The number of benzene rings is 2. The summed E-state index contributed by atoms with van der Waals surface area (Å²) < 4.78 is 38.7. The molecular weight excluding hydrogens is 446 g/mol. The fourth-order valence-corrected chi connectivity index (χ4v) is 5.05. The Kier molecular flexibility index (Phi) is 7.88. The van der Waals surface area contributed by atoms with E-state index in [4.69, 9.17) is 9.47 Å². The van der Waals surface area contributed by atoms with E-state index in [0.717, 1.165) is 50.0 Å². The molecule has 178 valence electrons. The Hall–Kier alpha value is -2.16. The lowest BCUT2D eigenvalue weighted by Crippen LogP contribution is -2.47. The summed E-state index contributed by atoms with van der Waals surface area (Å²) in [4.78, 5) is 16.3. The lowest BCUT2D eigenvalue weighted by atomic mass is 9.91. The molecule has 33 heavy (non-hydrogen) atoms. The molecule has 2 fully saturated rings. The van der Waals surface area contributed by atoms with E-state index in [1.165, 1.54) is 24.3 Å². The summed E-state index contributed by atoms with van der Waals surface area (Å²) in [5, 5.41) is 0. The smallest absolute Gasteiger partial charge is 0.411 e. The van der Waals surface area contributed by atoms with E-state index >= 15 is 0 Å². The number of thioether (sulfide) groups is 1. The summed E-state index contributed by atoms with van der Waals surface area (Å²) in [6.45, 7) is 3.87.